The Morgan fingerprint density at radius 1 is 0.939 bits per heavy atom. The third-order valence-electron chi connectivity index (χ3n) is 5.60. The number of fused-ring (bicyclic) bond motifs is 1. The lowest BCUT2D eigenvalue weighted by atomic mass is 9.91. The maximum atomic E-state index is 13.6. The number of imide groups is 1. The summed E-state index contributed by atoms with van der Waals surface area (Å²) >= 11 is 6.03. The molecule has 3 heterocycles. The smallest absolute Gasteiger partial charge is 0.308 e. The van der Waals surface area contributed by atoms with E-state index < -0.39 is 29.9 Å². The molecule has 166 valence electrons. The van der Waals surface area contributed by atoms with Crippen LogP contribution in [0.2, 0.25) is 5.02 Å². The van der Waals surface area contributed by atoms with Crippen LogP contribution < -0.4 is 14.7 Å². The lowest BCUT2D eigenvalue weighted by Gasteiger charge is -2.28. The fourth-order valence-corrected chi connectivity index (χ4v) is 4.34. The van der Waals surface area contributed by atoms with Crippen LogP contribution in [-0.2, 0) is 19.2 Å². The Kier molecular flexibility index (Phi) is 5.32. The number of amides is 2. The van der Waals surface area contributed by atoms with Gasteiger partial charge in [0.05, 0.1) is 17.4 Å². The quantitative estimate of drug-likeness (QED) is 0.331. The van der Waals surface area contributed by atoms with E-state index >= 15 is 0 Å². The molecule has 1 aromatic heterocycles. The van der Waals surface area contributed by atoms with Gasteiger partial charge in [0.2, 0.25) is 5.91 Å². The number of aromatic nitrogens is 1. The number of anilines is 2. The minimum atomic E-state index is -0.987. The van der Waals surface area contributed by atoms with Gasteiger partial charge in [-0.15, -0.1) is 0 Å². The van der Waals surface area contributed by atoms with Crippen LogP contribution in [0.15, 0.2) is 73.1 Å². The topological polar surface area (TPSA) is 89.0 Å². The molecule has 0 saturated carbocycles. The number of halogens is 1. The second-order valence-corrected chi connectivity index (χ2v) is 8.12. The maximum absolute atomic E-state index is 13.6. The molecule has 33 heavy (non-hydrogen) atoms. The zero-order valence-corrected chi connectivity index (χ0v) is 18.2. The molecular weight excluding hydrogens is 446 g/mol. The van der Waals surface area contributed by atoms with Gasteiger partial charge in [-0.25, -0.2) is 9.96 Å². The van der Waals surface area contributed by atoms with Crippen molar-refractivity contribution in [3.8, 4) is 5.75 Å². The Bertz CT molecular complexity index is 1220. The van der Waals surface area contributed by atoms with Crippen LogP contribution in [0.5, 0.6) is 5.75 Å². The second-order valence-electron chi connectivity index (χ2n) is 7.68. The molecule has 3 aromatic rings. The molecule has 0 unspecified atom stereocenters. The minimum absolute atomic E-state index is 0.324. The van der Waals surface area contributed by atoms with Gasteiger partial charge in [0.1, 0.15) is 11.7 Å². The molecule has 3 atom stereocenters. The van der Waals surface area contributed by atoms with Crippen molar-refractivity contribution in [1.82, 2.24) is 4.98 Å². The Morgan fingerprint density at radius 3 is 2.21 bits per heavy atom. The third kappa shape index (κ3) is 3.73. The van der Waals surface area contributed by atoms with E-state index in [1.165, 1.54) is 19.1 Å². The van der Waals surface area contributed by atoms with Gasteiger partial charge in [0, 0.05) is 24.3 Å². The predicted molar refractivity (Wildman–Crippen MR) is 120 cm³/mol. The number of hydroxylamine groups is 1. The molecule has 2 aliphatic rings. The van der Waals surface area contributed by atoms with E-state index in [2.05, 4.69) is 4.98 Å². The van der Waals surface area contributed by atoms with E-state index in [1.54, 1.807) is 66.0 Å². The van der Waals surface area contributed by atoms with Crippen molar-refractivity contribution >= 4 is 40.8 Å². The molecule has 2 fully saturated rings. The first-order chi connectivity index (χ1) is 15.9. The number of benzene rings is 2. The molecule has 5 rings (SSSR count). The van der Waals surface area contributed by atoms with Gasteiger partial charge in [-0.1, -0.05) is 11.6 Å². The molecule has 8 nitrogen and oxygen atoms in total. The molecule has 2 aromatic carbocycles. The summed E-state index contributed by atoms with van der Waals surface area (Å²) in [4.78, 5) is 49.3. The number of hydrogen-bond donors (Lipinski definition) is 0. The van der Waals surface area contributed by atoms with Crippen molar-refractivity contribution in [3.05, 3.63) is 83.6 Å². The largest absolute Gasteiger partial charge is 0.427 e. The molecule has 0 N–H and O–H groups in total. The van der Waals surface area contributed by atoms with Crippen LogP contribution in [0.1, 0.15) is 18.5 Å². The average Bonchev–Trinajstić information content (AvgIpc) is 3.31. The highest BCUT2D eigenvalue weighted by Gasteiger charge is 2.60. The number of hydrogen-bond acceptors (Lipinski definition) is 7. The number of pyridine rings is 1. The number of nitrogens with zero attached hydrogens (tertiary/aromatic N) is 3. The van der Waals surface area contributed by atoms with Crippen molar-refractivity contribution in [3.63, 3.8) is 0 Å². The van der Waals surface area contributed by atoms with Gasteiger partial charge in [0.15, 0.2) is 6.10 Å². The standard InChI is InChI=1S/C24H18ClN3O5/c1-14(29)32-19-8-6-17(7-9-19)27-23(30)20-21(15-10-12-26-13-11-15)28(33-22(20)24(27)31)18-4-2-16(25)3-5-18/h2-13,20-22H,1H3/t20-,21+,22-/m0/s1. The first-order valence-corrected chi connectivity index (χ1v) is 10.6. The summed E-state index contributed by atoms with van der Waals surface area (Å²) in [5.41, 5.74) is 1.85. The van der Waals surface area contributed by atoms with Gasteiger partial charge in [-0.2, -0.15) is 0 Å². The van der Waals surface area contributed by atoms with Crippen LogP contribution >= 0.6 is 11.6 Å². The summed E-state index contributed by atoms with van der Waals surface area (Å²) in [5, 5.41) is 2.16. The molecule has 0 spiro atoms. The normalized spacial score (nSPS) is 21.9. The van der Waals surface area contributed by atoms with Gasteiger partial charge >= 0.3 is 5.97 Å². The van der Waals surface area contributed by atoms with E-state index in [4.69, 9.17) is 21.2 Å². The van der Waals surface area contributed by atoms with Crippen molar-refractivity contribution in [2.24, 2.45) is 5.92 Å². The summed E-state index contributed by atoms with van der Waals surface area (Å²) in [6, 6.07) is 16.2. The molecule has 0 aliphatic carbocycles. The van der Waals surface area contributed by atoms with Gasteiger partial charge in [0.25, 0.3) is 5.91 Å². The van der Waals surface area contributed by atoms with E-state index in [0.717, 1.165) is 10.5 Å². The van der Waals surface area contributed by atoms with Crippen LogP contribution in [-0.4, -0.2) is 28.9 Å². The van der Waals surface area contributed by atoms with Crippen molar-refractivity contribution in [2.45, 2.75) is 19.1 Å². The third-order valence-corrected chi connectivity index (χ3v) is 5.85. The van der Waals surface area contributed by atoms with E-state index in [0.29, 0.717) is 22.1 Å². The Labute approximate surface area is 194 Å². The summed E-state index contributed by atoms with van der Waals surface area (Å²) in [6.45, 7) is 1.30. The summed E-state index contributed by atoms with van der Waals surface area (Å²) in [7, 11) is 0. The van der Waals surface area contributed by atoms with E-state index in [9.17, 15) is 14.4 Å². The summed E-state index contributed by atoms with van der Waals surface area (Å²) < 4.78 is 5.03. The molecular formula is C24H18ClN3O5. The first kappa shape index (κ1) is 21.1. The van der Waals surface area contributed by atoms with Gasteiger partial charge in [-0.3, -0.25) is 24.2 Å². The number of esters is 1. The Balaban J connectivity index is 1.51. The minimum Gasteiger partial charge on any atom is -0.427 e. The molecule has 0 bridgehead atoms. The molecule has 9 heteroatoms. The zero-order valence-electron chi connectivity index (χ0n) is 17.4. The van der Waals surface area contributed by atoms with Gasteiger partial charge in [-0.05, 0) is 66.2 Å². The fraction of sp³-hybridized carbons (Fsp3) is 0.167. The molecule has 2 aliphatic heterocycles. The van der Waals surface area contributed by atoms with Crippen molar-refractivity contribution in [1.29, 1.82) is 0 Å². The zero-order chi connectivity index (χ0) is 23.1. The molecule has 0 radical (unpaired) electrons. The highest BCUT2D eigenvalue weighted by atomic mass is 35.5. The average molecular weight is 464 g/mol. The monoisotopic (exact) mass is 463 g/mol. The number of rotatable bonds is 4. The first-order valence-electron chi connectivity index (χ1n) is 10.2. The maximum Gasteiger partial charge on any atom is 0.308 e. The number of carbonyl (C=O) groups is 3. The molecule has 2 saturated heterocycles. The molecule has 2 amide bonds. The van der Waals surface area contributed by atoms with Crippen molar-refractivity contribution < 1.29 is 24.0 Å². The highest BCUT2D eigenvalue weighted by Crippen LogP contribution is 2.47. The Morgan fingerprint density at radius 2 is 1.58 bits per heavy atom. The van der Waals surface area contributed by atoms with Crippen molar-refractivity contribution in [2.75, 3.05) is 9.96 Å². The fourth-order valence-electron chi connectivity index (χ4n) is 4.21. The summed E-state index contributed by atoms with van der Waals surface area (Å²) in [5.74, 6) is -1.72. The lowest BCUT2D eigenvalue weighted by molar-refractivity contribution is -0.132. The van der Waals surface area contributed by atoms with Crippen LogP contribution in [0.25, 0.3) is 0 Å². The number of carbonyl (C=O) groups excluding carboxylic acids is 3. The van der Waals surface area contributed by atoms with Crippen LogP contribution in [0.3, 0.4) is 0 Å². The number of ether oxygens (including phenoxy) is 1. The Hall–Kier alpha value is -3.75. The SMILES string of the molecule is CC(=O)Oc1ccc(N2C(=O)[C@@H]3[C@H](ON(c4ccc(Cl)cc4)[C@@H]3c3ccncc3)C2=O)cc1. The van der Waals surface area contributed by atoms with Gasteiger partial charge < -0.3 is 4.74 Å². The van der Waals surface area contributed by atoms with Crippen LogP contribution in [0, 0.1) is 5.92 Å². The van der Waals surface area contributed by atoms with E-state index in [-0.39, 0.29) is 5.91 Å². The second kappa shape index (κ2) is 8.31. The highest BCUT2D eigenvalue weighted by molar-refractivity contribution is 6.30. The van der Waals surface area contributed by atoms with Crippen LogP contribution in [0.4, 0.5) is 11.4 Å². The lowest BCUT2D eigenvalue weighted by Crippen LogP contribution is -2.37. The van der Waals surface area contributed by atoms with E-state index in [1.807, 2.05) is 0 Å². The predicted octanol–water partition coefficient (Wildman–Crippen LogP) is 3.71. The summed E-state index contributed by atoms with van der Waals surface area (Å²) in [6.07, 6.45) is 2.28.